The van der Waals surface area contributed by atoms with Gasteiger partial charge < -0.3 is 0 Å². The van der Waals surface area contributed by atoms with Gasteiger partial charge in [-0.2, -0.15) is 0 Å². The van der Waals surface area contributed by atoms with Gasteiger partial charge in [0.1, 0.15) is 5.01 Å². The SMILES string of the molecule is Br.c1ccc(-c2nc(CN3CCN(C(c4ccccc4)c4ccccc4)CC3)cs2)cc1. The Balaban J connectivity index is 0.00000245. The van der Waals surface area contributed by atoms with Crippen molar-refractivity contribution in [2.24, 2.45) is 0 Å². The first-order valence-electron chi connectivity index (χ1n) is 10.9. The quantitative estimate of drug-likeness (QED) is 0.306. The van der Waals surface area contributed by atoms with Crippen LogP contribution in [0, 0.1) is 0 Å². The summed E-state index contributed by atoms with van der Waals surface area (Å²) in [4.78, 5) is 10.0. The van der Waals surface area contributed by atoms with Crippen LogP contribution in [0.5, 0.6) is 0 Å². The number of aromatic nitrogens is 1. The average molecular weight is 507 g/mol. The van der Waals surface area contributed by atoms with E-state index in [0.29, 0.717) is 6.04 Å². The third kappa shape index (κ3) is 5.36. The zero-order valence-electron chi connectivity index (χ0n) is 18.0. The number of piperazine rings is 1. The van der Waals surface area contributed by atoms with Gasteiger partial charge in [-0.3, -0.25) is 9.80 Å². The third-order valence-electron chi connectivity index (χ3n) is 5.96. The van der Waals surface area contributed by atoms with Crippen LogP contribution in [-0.4, -0.2) is 41.0 Å². The molecular formula is C27H28BrN3S. The molecule has 0 N–H and O–H groups in total. The van der Waals surface area contributed by atoms with Gasteiger partial charge >= 0.3 is 0 Å². The third-order valence-corrected chi connectivity index (χ3v) is 6.90. The lowest BCUT2D eigenvalue weighted by Gasteiger charge is -2.39. The van der Waals surface area contributed by atoms with E-state index in [0.717, 1.165) is 37.7 Å². The van der Waals surface area contributed by atoms with E-state index in [2.05, 4.69) is 106 Å². The number of benzene rings is 3. The lowest BCUT2D eigenvalue weighted by atomic mass is 9.96. The van der Waals surface area contributed by atoms with Gasteiger partial charge in [0.25, 0.3) is 0 Å². The fourth-order valence-corrected chi connectivity index (χ4v) is 5.20. The number of thiazole rings is 1. The largest absolute Gasteiger partial charge is 0.295 e. The standard InChI is InChI=1S/C27H27N3S.BrH/c1-4-10-22(11-5-1)26(23-12-6-2-7-13-23)30-18-16-29(17-19-30)20-25-21-31-27(28-25)24-14-8-3-9-15-24;/h1-15,21,26H,16-20H2;1H. The zero-order valence-corrected chi connectivity index (χ0v) is 20.5. The second kappa shape index (κ2) is 11.0. The van der Waals surface area contributed by atoms with Crippen molar-refractivity contribution in [3.8, 4) is 10.6 Å². The van der Waals surface area contributed by atoms with E-state index in [9.17, 15) is 0 Å². The number of rotatable bonds is 6. The molecule has 2 heterocycles. The van der Waals surface area contributed by atoms with Gasteiger partial charge in [0, 0.05) is 43.7 Å². The molecule has 3 nitrogen and oxygen atoms in total. The van der Waals surface area contributed by atoms with Crippen molar-refractivity contribution in [3.63, 3.8) is 0 Å². The van der Waals surface area contributed by atoms with Gasteiger partial charge in [0.2, 0.25) is 0 Å². The van der Waals surface area contributed by atoms with Gasteiger partial charge in [-0.15, -0.1) is 28.3 Å². The van der Waals surface area contributed by atoms with Crippen molar-refractivity contribution in [1.29, 1.82) is 0 Å². The maximum atomic E-state index is 4.89. The maximum absolute atomic E-state index is 4.89. The van der Waals surface area contributed by atoms with E-state index >= 15 is 0 Å². The van der Waals surface area contributed by atoms with Crippen LogP contribution in [0.1, 0.15) is 22.9 Å². The predicted octanol–water partition coefficient (Wildman–Crippen LogP) is 6.30. The fourth-order valence-electron chi connectivity index (χ4n) is 4.39. The van der Waals surface area contributed by atoms with Crippen molar-refractivity contribution in [2.45, 2.75) is 12.6 Å². The Bertz CT molecular complexity index is 1040. The predicted molar refractivity (Wildman–Crippen MR) is 139 cm³/mol. The Hall–Kier alpha value is -2.31. The number of halogens is 1. The van der Waals surface area contributed by atoms with Crippen LogP contribution in [0.25, 0.3) is 10.6 Å². The van der Waals surface area contributed by atoms with Crippen LogP contribution in [-0.2, 0) is 6.54 Å². The average Bonchev–Trinajstić information content (AvgIpc) is 3.31. The summed E-state index contributed by atoms with van der Waals surface area (Å²) in [7, 11) is 0. The minimum atomic E-state index is 0. The summed E-state index contributed by atoms with van der Waals surface area (Å²) in [5.74, 6) is 0. The topological polar surface area (TPSA) is 19.4 Å². The molecule has 164 valence electrons. The minimum Gasteiger partial charge on any atom is -0.295 e. The summed E-state index contributed by atoms with van der Waals surface area (Å²) in [6.07, 6.45) is 0. The van der Waals surface area contributed by atoms with Crippen LogP contribution in [0.15, 0.2) is 96.4 Å². The maximum Gasteiger partial charge on any atom is 0.123 e. The summed E-state index contributed by atoms with van der Waals surface area (Å²) in [6.45, 7) is 5.18. The van der Waals surface area contributed by atoms with E-state index in [1.54, 1.807) is 11.3 Å². The van der Waals surface area contributed by atoms with E-state index in [-0.39, 0.29) is 17.0 Å². The number of hydrogen-bond acceptors (Lipinski definition) is 4. The normalized spacial score (nSPS) is 14.9. The van der Waals surface area contributed by atoms with E-state index in [4.69, 9.17) is 4.98 Å². The fraction of sp³-hybridized carbons (Fsp3) is 0.222. The Morgan fingerprint density at radius 2 is 1.25 bits per heavy atom. The number of hydrogen-bond donors (Lipinski definition) is 0. The molecule has 4 aromatic rings. The molecule has 0 aliphatic carbocycles. The van der Waals surface area contributed by atoms with Crippen molar-refractivity contribution in [2.75, 3.05) is 26.2 Å². The van der Waals surface area contributed by atoms with Crippen molar-refractivity contribution >= 4 is 28.3 Å². The summed E-state index contributed by atoms with van der Waals surface area (Å²) in [5.41, 5.74) is 5.13. The lowest BCUT2D eigenvalue weighted by Crippen LogP contribution is -2.47. The Morgan fingerprint density at radius 3 is 1.81 bits per heavy atom. The lowest BCUT2D eigenvalue weighted by molar-refractivity contribution is 0.104. The van der Waals surface area contributed by atoms with Crippen molar-refractivity contribution < 1.29 is 0 Å². The molecule has 0 unspecified atom stereocenters. The van der Waals surface area contributed by atoms with Crippen molar-refractivity contribution in [3.05, 3.63) is 113 Å². The summed E-state index contributed by atoms with van der Waals surface area (Å²) >= 11 is 1.74. The molecule has 1 saturated heterocycles. The van der Waals surface area contributed by atoms with E-state index < -0.39 is 0 Å². The summed E-state index contributed by atoms with van der Waals surface area (Å²) in [5, 5.41) is 3.33. The molecule has 0 bridgehead atoms. The number of nitrogens with zero attached hydrogens (tertiary/aromatic N) is 3. The molecule has 5 rings (SSSR count). The first-order valence-corrected chi connectivity index (χ1v) is 11.8. The molecule has 0 radical (unpaired) electrons. The van der Waals surface area contributed by atoms with Gasteiger partial charge in [-0.1, -0.05) is 91.0 Å². The summed E-state index contributed by atoms with van der Waals surface area (Å²) in [6, 6.07) is 32.6. The molecule has 1 fully saturated rings. The molecule has 5 heteroatoms. The van der Waals surface area contributed by atoms with Gasteiger partial charge in [0.15, 0.2) is 0 Å². The minimum absolute atomic E-state index is 0. The second-order valence-corrected chi connectivity index (χ2v) is 8.90. The second-order valence-electron chi connectivity index (χ2n) is 8.05. The molecule has 0 amide bonds. The van der Waals surface area contributed by atoms with Crippen molar-refractivity contribution in [1.82, 2.24) is 14.8 Å². The molecular weight excluding hydrogens is 478 g/mol. The zero-order chi connectivity index (χ0) is 20.9. The first-order chi connectivity index (χ1) is 15.4. The Labute approximate surface area is 205 Å². The van der Waals surface area contributed by atoms with Gasteiger partial charge in [0.05, 0.1) is 11.7 Å². The van der Waals surface area contributed by atoms with Crippen LogP contribution in [0.2, 0.25) is 0 Å². The smallest absolute Gasteiger partial charge is 0.123 e. The highest BCUT2D eigenvalue weighted by Gasteiger charge is 2.26. The molecule has 1 aliphatic rings. The molecule has 0 spiro atoms. The first kappa shape index (κ1) is 22.9. The van der Waals surface area contributed by atoms with Crippen LogP contribution in [0.3, 0.4) is 0 Å². The summed E-state index contributed by atoms with van der Waals surface area (Å²) < 4.78 is 0. The van der Waals surface area contributed by atoms with Gasteiger partial charge in [-0.25, -0.2) is 4.98 Å². The molecule has 0 atom stereocenters. The monoisotopic (exact) mass is 505 g/mol. The molecule has 1 aliphatic heterocycles. The Morgan fingerprint density at radius 1 is 0.719 bits per heavy atom. The van der Waals surface area contributed by atoms with Gasteiger partial charge in [-0.05, 0) is 11.1 Å². The van der Waals surface area contributed by atoms with Crippen LogP contribution >= 0.6 is 28.3 Å². The van der Waals surface area contributed by atoms with Crippen LogP contribution in [0.4, 0.5) is 0 Å². The van der Waals surface area contributed by atoms with E-state index in [1.165, 1.54) is 22.4 Å². The molecule has 1 aromatic heterocycles. The highest BCUT2D eigenvalue weighted by Crippen LogP contribution is 2.30. The Kier molecular flexibility index (Phi) is 7.87. The molecule has 0 saturated carbocycles. The highest BCUT2D eigenvalue weighted by atomic mass is 79.9. The highest BCUT2D eigenvalue weighted by molar-refractivity contribution is 8.93. The molecule has 3 aromatic carbocycles. The molecule has 32 heavy (non-hydrogen) atoms. The van der Waals surface area contributed by atoms with Crippen LogP contribution < -0.4 is 0 Å². The van der Waals surface area contributed by atoms with E-state index in [1.807, 2.05) is 0 Å².